The minimum Gasteiger partial charge on any atom is -0.368 e. The molecule has 0 aromatic heterocycles. The number of hydrogen-bond acceptors (Lipinski definition) is 5. The second-order valence-corrected chi connectivity index (χ2v) is 12.5. The Kier molecular flexibility index (Phi) is 5.58. The molecule has 0 bridgehead atoms. The third kappa shape index (κ3) is 4.02. The number of nitrogens with zero attached hydrogens (tertiary/aromatic N) is 1. The summed E-state index contributed by atoms with van der Waals surface area (Å²) < 4.78 is 0. The Labute approximate surface area is 195 Å². The van der Waals surface area contributed by atoms with E-state index in [-0.39, 0.29) is 52.8 Å². The van der Waals surface area contributed by atoms with Crippen LogP contribution in [-0.2, 0) is 19.2 Å². The number of hydrogen-bond donors (Lipinski definition) is 4. The maximum atomic E-state index is 13.5. The normalized spacial score (nSPS) is 33.0. The second-order valence-electron chi connectivity index (χ2n) is 12.5. The summed E-state index contributed by atoms with van der Waals surface area (Å²) in [5.74, 6) is -1.51. The highest BCUT2D eigenvalue weighted by Crippen LogP contribution is 2.65. The molecule has 0 radical (unpaired) electrons. The van der Waals surface area contributed by atoms with Crippen LogP contribution in [0.15, 0.2) is 0 Å². The largest absolute Gasteiger partial charge is 0.368 e. The number of primary amides is 1. The zero-order valence-corrected chi connectivity index (χ0v) is 20.4. The van der Waals surface area contributed by atoms with Gasteiger partial charge in [0.15, 0.2) is 0 Å². The van der Waals surface area contributed by atoms with Gasteiger partial charge in [-0.1, -0.05) is 34.6 Å². The molecule has 184 valence electrons. The molecule has 0 aromatic rings. The van der Waals surface area contributed by atoms with Gasteiger partial charge in [0.05, 0.1) is 6.04 Å². The first-order valence-electron chi connectivity index (χ1n) is 12.2. The standard InChI is InChI=1S/C24H39N5O4/c1-22(2,3)17(25)21(33)29-11-13-15(23(13,4)5)16(29)20(32)27-14(18(26)30)9-12-10-24(7-6-8-24)28-19(12)31/h12-17H,6-11,25H2,1-5H3,(H2,26,30)(H,27,32)(H,28,31)/t12-,13+,14+,15?,16+,17-/m1/s1. The van der Waals surface area contributed by atoms with Crippen molar-refractivity contribution in [3.8, 4) is 0 Å². The molecule has 33 heavy (non-hydrogen) atoms. The van der Waals surface area contributed by atoms with Crippen LogP contribution in [-0.4, -0.2) is 58.7 Å². The summed E-state index contributed by atoms with van der Waals surface area (Å²) in [6.45, 7) is 10.4. The highest BCUT2D eigenvalue weighted by Gasteiger charge is 2.69. The number of likely N-dealkylation sites (tertiary alicyclic amines) is 1. The molecule has 0 aromatic carbocycles. The number of rotatable bonds is 6. The highest BCUT2D eigenvalue weighted by molar-refractivity contribution is 5.94. The Balaban J connectivity index is 1.48. The van der Waals surface area contributed by atoms with Crippen molar-refractivity contribution in [2.75, 3.05) is 6.54 Å². The van der Waals surface area contributed by atoms with Crippen LogP contribution in [0, 0.1) is 28.6 Å². The van der Waals surface area contributed by atoms with Crippen LogP contribution < -0.4 is 22.1 Å². The molecular formula is C24H39N5O4. The fourth-order valence-electron chi connectivity index (χ4n) is 6.25. The summed E-state index contributed by atoms with van der Waals surface area (Å²) >= 11 is 0. The summed E-state index contributed by atoms with van der Waals surface area (Å²) in [6.07, 6.45) is 3.83. The Morgan fingerprint density at radius 1 is 1.24 bits per heavy atom. The van der Waals surface area contributed by atoms with Crippen molar-refractivity contribution in [1.82, 2.24) is 15.5 Å². The molecule has 2 aliphatic heterocycles. The molecule has 4 amide bonds. The van der Waals surface area contributed by atoms with E-state index in [4.69, 9.17) is 11.5 Å². The second kappa shape index (κ2) is 7.68. The van der Waals surface area contributed by atoms with Crippen molar-refractivity contribution < 1.29 is 19.2 Å². The Hall–Kier alpha value is -2.16. The molecule has 6 atom stereocenters. The first-order valence-corrected chi connectivity index (χ1v) is 12.2. The van der Waals surface area contributed by atoms with E-state index in [1.54, 1.807) is 4.90 Å². The number of piperidine rings is 1. The first-order chi connectivity index (χ1) is 15.2. The third-order valence-electron chi connectivity index (χ3n) is 8.85. The van der Waals surface area contributed by atoms with E-state index in [1.807, 2.05) is 20.8 Å². The van der Waals surface area contributed by atoms with Gasteiger partial charge in [0.1, 0.15) is 12.1 Å². The zero-order valence-electron chi connectivity index (χ0n) is 20.4. The van der Waals surface area contributed by atoms with E-state index >= 15 is 0 Å². The fourth-order valence-corrected chi connectivity index (χ4v) is 6.25. The predicted octanol–water partition coefficient (Wildman–Crippen LogP) is 0.262. The van der Waals surface area contributed by atoms with Gasteiger partial charge in [-0.15, -0.1) is 0 Å². The number of amides is 4. The Morgan fingerprint density at radius 2 is 1.88 bits per heavy atom. The van der Waals surface area contributed by atoms with Crippen molar-refractivity contribution >= 4 is 23.6 Å². The predicted molar refractivity (Wildman–Crippen MR) is 122 cm³/mol. The number of nitrogens with two attached hydrogens (primary N) is 2. The monoisotopic (exact) mass is 461 g/mol. The average molecular weight is 462 g/mol. The Morgan fingerprint density at radius 3 is 2.36 bits per heavy atom. The first kappa shape index (κ1) is 24.0. The minimum atomic E-state index is -0.961. The lowest BCUT2D eigenvalue weighted by atomic mass is 9.74. The van der Waals surface area contributed by atoms with Crippen molar-refractivity contribution in [3.05, 3.63) is 0 Å². The average Bonchev–Trinajstić information content (AvgIpc) is 3.04. The van der Waals surface area contributed by atoms with Gasteiger partial charge in [0.25, 0.3) is 0 Å². The molecule has 1 spiro atoms. The van der Waals surface area contributed by atoms with E-state index < -0.39 is 29.4 Å². The van der Waals surface area contributed by atoms with Gasteiger partial charge in [-0.2, -0.15) is 0 Å². The molecule has 1 unspecified atom stereocenters. The molecule has 2 aliphatic carbocycles. The number of fused-ring (bicyclic) bond motifs is 1. The van der Waals surface area contributed by atoms with Gasteiger partial charge in [-0.3, -0.25) is 19.2 Å². The molecule has 2 saturated carbocycles. The quantitative estimate of drug-likeness (QED) is 0.448. The zero-order chi connectivity index (χ0) is 24.5. The number of carbonyl (C=O) groups excluding carboxylic acids is 4. The van der Waals surface area contributed by atoms with Gasteiger partial charge in [0.2, 0.25) is 23.6 Å². The van der Waals surface area contributed by atoms with E-state index in [0.29, 0.717) is 13.0 Å². The fraction of sp³-hybridized carbons (Fsp3) is 0.833. The molecule has 4 rings (SSSR count). The van der Waals surface area contributed by atoms with Gasteiger partial charge < -0.3 is 27.0 Å². The highest BCUT2D eigenvalue weighted by atomic mass is 16.2. The molecule has 4 aliphatic rings. The summed E-state index contributed by atoms with van der Waals surface area (Å²) in [4.78, 5) is 53.0. The van der Waals surface area contributed by atoms with Crippen LogP contribution in [0.1, 0.15) is 66.7 Å². The van der Waals surface area contributed by atoms with E-state index in [1.165, 1.54) is 0 Å². The lowest BCUT2D eigenvalue weighted by molar-refractivity contribution is -0.143. The summed E-state index contributed by atoms with van der Waals surface area (Å²) in [7, 11) is 0. The SMILES string of the molecule is CC(C)(C)[C@H](N)C(=O)N1C[C@H]2C([C@H]1C(=O)N[C@@H](C[C@@H]1CC3(CCC3)NC1=O)C(N)=O)C2(C)C. The van der Waals surface area contributed by atoms with Crippen molar-refractivity contribution in [2.24, 2.45) is 40.1 Å². The van der Waals surface area contributed by atoms with Gasteiger partial charge >= 0.3 is 0 Å². The van der Waals surface area contributed by atoms with Gasteiger partial charge in [-0.05, 0) is 54.8 Å². The maximum Gasteiger partial charge on any atom is 0.243 e. The van der Waals surface area contributed by atoms with E-state index in [0.717, 1.165) is 19.3 Å². The molecule has 2 heterocycles. The molecule has 4 fully saturated rings. The van der Waals surface area contributed by atoms with Crippen molar-refractivity contribution in [1.29, 1.82) is 0 Å². The van der Waals surface area contributed by atoms with Crippen LogP contribution in [0.2, 0.25) is 0 Å². The van der Waals surface area contributed by atoms with Gasteiger partial charge in [-0.25, -0.2) is 0 Å². The maximum absolute atomic E-state index is 13.5. The minimum absolute atomic E-state index is 0.00942. The van der Waals surface area contributed by atoms with E-state index in [9.17, 15) is 19.2 Å². The summed E-state index contributed by atoms with van der Waals surface area (Å²) in [5, 5.41) is 5.87. The van der Waals surface area contributed by atoms with Crippen molar-refractivity contribution in [3.63, 3.8) is 0 Å². The van der Waals surface area contributed by atoms with Crippen LogP contribution in [0.3, 0.4) is 0 Å². The van der Waals surface area contributed by atoms with Crippen molar-refractivity contribution in [2.45, 2.75) is 90.4 Å². The summed E-state index contributed by atoms with van der Waals surface area (Å²) in [6, 6.07) is -2.39. The topological polar surface area (TPSA) is 148 Å². The third-order valence-corrected chi connectivity index (χ3v) is 8.85. The van der Waals surface area contributed by atoms with E-state index in [2.05, 4.69) is 24.5 Å². The number of nitrogens with one attached hydrogen (secondary N) is 2. The van der Waals surface area contributed by atoms with Crippen LogP contribution in [0.5, 0.6) is 0 Å². The molecule has 9 nitrogen and oxygen atoms in total. The molecule has 9 heteroatoms. The summed E-state index contributed by atoms with van der Waals surface area (Å²) in [5.41, 5.74) is 11.2. The number of carbonyl (C=O) groups is 4. The molecular weight excluding hydrogens is 422 g/mol. The van der Waals surface area contributed by atoms with Gasteiger partial charge in [0, 0.05) is 18.0 Å². The lowest BCUT2D eigenvalue weighted by Gasteiger charge is -2.38. The Bertz CT molecular complexity index is 875. The lowest BCUT2D eigenvalue weighted by Crippen LogP contribution is -2.59. The van der Waals surface area contributed by atoms with Crippen LogP contribution >= 0.6 is 0 Å². The molecule has 6 N–H and O–H groups in total. The smallest absolute Gasteiger partial charge is 0.243 e. The van der Waals surface area contributed by atoms with Crippen LogP contribution in [0.4, 0.5) is 0 Å². The van der Waals surface area contributed by atoms with Crippen LogP contribution in [0.25, 0.3) is 0 Å². The molecule has 2 saturated heterocycles.